The molecule has 0 saturated heterocycles. The Kier molecular flexibility index (Phi) is 4.52. The van der Waals surface area contributed by atoms with E-state index in [-0.39, 0.29) is 5.89 Å². The van der Waals surface area contributed by atoms with Crippen LogP contribution in [-0.4, -0.2) is 31.7 Å². The monoisotopic (exact) mass is 376 g/mol. The summed E-state index contributed by atoms with van der Waals surface area (Å²) < 4.78 is 12.4. The minimum atomic E-state index is 0.219. The zero-order valence-electron chi connectivity index (χ0n) is 15.9. The number of hydrogen-bond acceptors (Lipinski definition) is 7. The van der Waals surface area contributed by atoms with Crippen molar-refractivity contribution in [2.24, 2.45) is 0 Å². The van der Waals surface area contributed by atoms with E-state index in [1.807, 2.05) is 57.2 Å². The van der Waals surface area contributed by atoms with Crippen LogP contribution in [0.3, 0.4) is 0 Å². The molecule has 28 heavy (non-hydrogen) atoms. The first kappa shape index (κ1) is 17.7. The third kappa shape index (κ3) is 3.32. The standard InChI is InChI=1S/C20H20N6O2/c1-4-27-16-7-5-14(6-8-16)19-22-20(28-24-19)17-18(21)26(25-23-17)15-10-12(2)9-13(3)11-15/h5-11H,4,21H2,1-3H3. The topological polar surface area (TPSA) is 105 Å². The molecule has 0 spiro atoms. The molecule has 2 aromatic heterocycles. The van der Waals surface area contributed by atoms with Gasteiger partial charge in [0.25, 0.3) is 5.89 Å². The van der Waals surface area contributed by atoms with Crippen LogP contribution in [0.5, 0.6) is 5.75 Å². The molecule has 0 bridgehead atoms. The number of nitrogens with zero attached hydrogens (tertiary/aromatic N) is 5. The van der Waals surface area contributed by atoms with Crippen LogP contribution >= 0.6 is 0 Å². The molecule has 8 nitrogen and oxygen atoms in total. The minimum absolute atomic E-state index is 0.219. The van der Waals surface area contributed by atoms with Gasteiger partial charge in [-0.3, -0.25) is 0 Å². The Balaban J connectivity index is 1.65. The Morgan fingerprint density at radius 2 is 1.79 bits per heavy atom. The summed E-state index contributed by atoms with van der Waals surface area (Å²) in [5, 5.41) is 12.3. The van der Waals surface area contributed by atoms with Crippen molar-refractivity contribution in [1.29, 1.82) is 0 Å². The van der Waals surface area contributed by atoms with Gasteiger partial charge in [-0.05, 0) is 68.3 Å². The number of nitrogen functional groups attached to an aromatic ring is 1. The molecule has 2 heterocycles. The van der Waals surface area contributed by atoms with Gasteiger partial charge < -0.3 is 15.0 Å². The predicted molar refractivity (Wildman–Crippen MR) is 105 cm³/mol. The summed E-state index contributed by atoms with van der Waals surface area (Å²) in [5.41, 5.74) is 10.5. The van der Waals surface area contributed by atoms with Gasteiger partial charge in [-0.15, -0.1) is 5.10 Å². The maximum absolute atomic E-state index is 6.26. The van der Waals surface area contributed by atoms with Crippen molar-refractivity contribution in [2.75, 3.05) is 12.3 Å². The van der Waals surface area contributed by atoms with Crippen LogP contribution < -0.4 is 10.5 Å². The molecule has 0 radical (unpaired) electrons. The van der Waals surface area contributed by atoms with E-state index in [1.54, 1.807) is 4.68 Å². The Morgan fingerprint density at radius 1 is 1.07 bits per heavy atom. The van der Waals surface area contributed by atoms with Gasteiger partial charge in [0, 0.05) is 5.56 Å². The van der Waals surface area contributed by atoms with Crippen molar-refractivity contribution < 1.29 is 9.26 Å². The van der Waals surface area contributed by atoms with Crippen molar-refractivity contribution in [2.45, 2.75) is 20.8 Å². The summed E-state index contributed by atoms with van der Waals surface area (Å²) >= 11 is 0. The fourth-order valence-corrected chi connectivity index (χ4v) is 3.01. The second kappa shape index (κ2) is 7.15. The fraction of sp³-hybridized carbons (Fsp3) is 0.200. The summed E-state index contributed by atoms with van der Waals surface area (Å²) in [6, 6.07) is 13.5. The summed E-state index contributed by atoms with van der Waals surface area (Å²) in [4.78, 5) is 4.41. The number of nitrogens with two attached hydrogens (primary N) is 1. The van der Waals surface area contributed by atoms with Crippen molar-refractivity contribution in [3.05, 3.63) is 53.6 Å². The third-order valence-electron chi connectivity index (χ3n) is 4.21. The molecule has 0 aliphatic rings. The van der Waals surface area contributed by atoms with Gasteiger partial charge in [-0.1, -0.05) is 16.4 Å². The number of rotatable bonds is 5. The lowest BCUT2D eigenvalue weighted by atomic mass is 10.1. The molecule has 2 aromatic carbocycles. The molecule has 4 rings (SSSR count). The van der Waals surface area contributed by atoms with E-state index in [0.717, 1.165) is 28.1 Å². The van der Waals surface area contributed by atoms with E-state index >= 15 is 0 Å². The number of ether oxygens (including phenoxy) is 1. The quantitative estimate of drug-likeness (QED) is 0.567. The molecule has 2 N–H and O–H groups in total. The highest BCUT2D eigenvalue weighted by Gasteiger charge is 2.20. The summed E-state index contributed by atoms with van der Waals surface area (Å²) in [6.07, 6.45) is 0. The van der Waals surface area contributed by atoms with E-state index in [1.165, 1.54) is 0 Å². The second-order valence-corrected chi connectivity index (χ2v) is 6.46. The molecule has 0 amide bonds. The largest absolute Gasteiger partial charge is 0.494 e. The van der Waals surface area contributed by atoms with Crippen LogP contribution in [0.1, 0.15) is 18.1 Å². The molecule has 4 aromatic rings. The van der Waals surface area contributed by atoms with Crippen LogP contribution in [0.15, 0.2) is 47.0 Å². The molecule has 8 heteroatoms. The van der Waals surface area contributed by atoms with Crippen LogP contribution in [0.4, 0.5) is 5.82 Å². The summed E-state index contributed by atoms with van der Waals surface area (Å²) in [5.74, 6) is 1.79. The van der Waals surface area contributed by atoms with Crippen LogP contribution in [0, 0.1) is 13.8 Å². The Hall–Kier alpha value is -3.68. The zero-order chi connectivity index (χ0) is 19.7. The lowest BCUT2D eigenvalue weighted by Crippen LogP contribution is -2.03. The Morgan fingerprint density at radius 3 is 2.46 bits per heavy atom. The van der Waals surface area contributed by atoms with Gasteiger partial charge in [0.05, 0.1) is 12.3 Å². The SMILES string of the molecule is CCOc1ccc(-c2noc(-c3nnn(-c4cc(C)cc(C)c4)c3N)n2)cc1. The van der Waals surface area contributed by atoms with Crippen LogP contribution in [-0.2, 0) is 0 Å². The number of aromatic nitrogens is 5. The first-order valence-corrected chi connectivity index (χ1v) is 8.92. The lowest BCUT2D eigenvalue weighted by molar-refractivity contribution is 0.340. The van der Waals surface area contributed by atoms with Crippen LogP contribution in [0.2, 0.25) is 0 Å². The Bertz CT molecular complexity index is 1090. The lowest BCUT2D eigenvalue weighted by Gasteiger charge is -2.05. The summed E-state index contributed by atoms with van der Waals surface area (Å²) in [6.45, 7) is 6.59. The van der Waals surface area contributed by atoms with Crippen molar-refractivity contribution in [1.82, 2.24) is 25.1 Å². The third-order valence-corrected chi connectivity index (χ3v) is 4.21. The number of anilines is 1. The molecule has 142 valence electrons. The van der Waals surface area contributed by atoms with Gasteiger partial charge in [0.15, 0.2) is 11.5 Å². The second-order valence-electron chi connectivity index (χ2n) is 6.46. The zero-order valence-corrected chi connectivity index (χ0v) is 15.9. The number of benzene rings is 2. The highest BCUT2D eigenvalue weighted by Crippen LogP contribution is 2.27. The molecule has 0 saturated carbocycles. The molecular weight excluding hydrogens is 356 g/mol. The molecule has 0 aliphatic heterocycles. The average Bonchev–Trinajstić information content (AvgIpc) is 3.28. The average molecular weight is 376 g/mol. The normalized spacial score (nSPS) is 11.0. The van der Waals surface area contributed by atoms with Gasteiger partial charge in [-0.25, -0.2) is 0 Å². The van der Waals surface area contributed by atoms with Gasteiger partial charge in [-0.2, -0.15) is 9.67 Å². The highest BCUT2D eigenvalue weighted by atomic mass is 16.5. The first-order valence-electron chi connectivity index (χ1n) is 8.92. The molecule has 0 fully saturated rings. The maximum atomic E-state index is 6.26. The summed E-state index contributed by atoms with van der Waals surface area (Å²) in [7, 11) is 0. The first-order chi connectivity index (χ1) is 13.5. The highest BCUT2D eigenvalue weighted by molar-refractivity contribution is 5.66. The van der Waals surface area contributed by atoms with E-state index in [9.17, 15) is 0 Å². The Labute approximate surface area is 161 Å². The van der Waals surface area contributed by atoms with E-state index in [0.29, 0.717) is 23.9 Å². The number of hydrogen-bond donors (Lipinski definition) is 1. The molecule has 0 aliphatic carbocycles. The molecule has 0 unspecified atom stereocenters. The van der Waals surface area contributed by atoms with E-state index in [2.05, 4.69) is 26.5 Å². The van der Waals surface area contributed by atoms with Crippen molar-refractivity contribution in [3.8, 4) is 34.4 Å². The number of aryl methyl sites for hydroxylation is 2. The van der Waals surface area contributed by atoms with Crippen molar-refractivity contribution in [3.63, 3.8) is 0 Å². The van der Waals surface area contributed by atoms with Crippen LogP contribution in [0.25, 0.3) is 28.7 Å². The molecule has 0 atom stereocenters. The minimum Gasteiger partial charge on any atom is -0.494 e. The maximum Gasteiger partial charge on any atom is 0.282 e. The molecular formula is C20H20N6O2. The predicted octanol–water partition coefficient (Wildman–Crippen LogP) is 3.58. The fourth-order valence-electron chi connectivity index (χ4n) is 3.01. The van der Waals surface area contributed by atoms with Gasteiger partial charge in [0.1, 0.15) is 5.75 Å². The van der Waals surface area contributed by atoms with E-state index in [4.69, 9.17) is 15.0 Å². The van der Waals surface area contributed by atoms with E-state index < -0.39 is 0 Å². The van der Waals surface area contributed by atoms with Crippen molar-refractivity contribution >= 4 is 5.82 Å². The van der Waals surface area contributed by atoms with Gasteiger partial charge >= 0.3 is 0 Å². The van der Waals surface area contributed by atoms with Gasteiger partial charge in [0.2, 0.25) is 5.82 Å². The smallest absolute Gasteiger partial charge is 0.282 e.